The monoisotopic (exact) mass is 224 g/mol. The molecular formula is H10O7Ru. The largest absolute Gasteiger partial charge is 4.00 e. The van der Waals surface area contributed by atoms with Crippen molar-refractivity contribution in [3.63, 3.8) is 0 Å². The smallest absolute Gasteiger partial charge is 2.00 e. The van der Waals surface area contributed by atoms with E-state index in [1.807, 2.05) is 0 Å². The summed E-state index contributed by atoms with van der Waals surface area (Å²) in [5, 5.41) is 0. The molecule has 0 bridgehead atoms. The van der Waals surface area contributed by atoms with Gasteiger partial charge >= 0.3 is 19.5 Å². The second-order valence-corrected chi connectivity index (χ2v) is 0. The maximum atomic E-state index is 0. The molecule has 0 saturated heterocycles. The average Bonchev–Trinajstić information content (AvgIpc) is 0. The van der Waals surface area contributed by atoms with Crippen LogP contribution in [0.15, 0.2) is 0 Å². The fourth-order valence-corrected chi connectivity index (χ4v) is 0. The molecule has 0 saturated carbocycles. The summed E-state index contributed by atoms with van der Waals surface area (Å²) in [4.78, 5) is 0. The van der Waals surface area contributed by atoms with E-state index >= 15 is 0 Å². The molecule has 0 aromatic rings. The Morgan fingerprint density at radius 1 is 0.375 bits per heavy atom. The Labute approximate surface area is 58.6 Å². The minimum atomic E-state index is 0. The Bertz CT molecular complexity index is 4.35. The second-order valence-electron chi connectivity index (χ2n) is 0. The quantitative estimate of drug-likeness (QED) is 0.355. The summed E-state index contributed by atoms with van der Waals surface area (Å²) in [7, 11) is 0. The molecule has 7 nitrogen and oxygen atoms in total. The van der Waals surface area contributed by atoms with Gasteiger partial charge in [0.2, 0.25) is 0 Å². The molecule has 8 heavy (non-hydrogen) atoms. The van der Waals surface area contributed by atoms with Crippen LogP contribution in [0.1, 0.15) is 0 Å². The van der Waals surface area contributed by atoms with Crippen LogP contribution in [-0.2, 0) is 30.4 Å². The first-order valence-electron chi connectivity index (χ1n) is 0. The predicted octanol–water partition coefficient (Wildman–Crippen LogP) is -4.36. The summed E-state index contributed by atoms with van der Waals surface area (Å²) in [6.45, 7) is 0. The average molecular weight is 223 g/mol. The maximum absolute atomic E-state index is 0. The van der Waals surface area contributed by atoms with E-state index in [4.69, 9.17) is 0 Å². The van der Waals surface area contributed by atoms with Crippen molar-refractivity contribution in [2.45, 2.75) is 0 Å². The zero-order valence-corrected chi connectivity index (χ0v) is 5.41. The molecule has 0 atom stereocenters. The molecule has 0 heterocycles. The molecule has 0 radical (unpaired) electrons. The molecule has 0 spiro atoms. The molecule has 10 N–H and O–H groups in total. The minimum absolute atomic E-state index is 0. The molecule has 8 heteroatoms. The standard InChI is InChI=1S/5H2O.2O.Ru/h5*1H2;;;/q;;;;;2*-2;+4. The molecule has 60 valence electrons. The molecule has 0 aromatic carbocycles. The van der Waals surface area contributed by atoms with Gasteiger partial charge in [0.15, 0.2) is 0 Å². The fraction of sp³-hybridized carbons (Fsp3) is 0. The van der Waals surface area contributed by atoms with E-state index in [9.17, 15) is 0 Å². The summed E-state index contributed by atoms with van der Waals surface area (Å²) >= 11 is 0. The van der Waals surface area contributed by atoms with Gasteiger partial charge in [-0.25, -0.2) is 0 Å². The van der Waals surface area contributed by atoms with E-state index in [1.165, 1.54) is 0 Å². The molecule has 0 aliphatic heterocycles. The van der Waals surface area contributed by atoms with Crippen LogP contribution < -0.4 is 0 Å². The van der Waals surface area contributed by atoms with E-state index < -0.39 is 0 Å². The van der Waals surface area contributed by atoms with E-state index in [-0.39, 0.29) is 57.8 Å². The molecular weight excluding hydrogens is 213 g/mol. The third-order valence-electron chi connectivity index (χ3n) is 0. The molecule has 0 aromatic heterocycles. The topological polar surface area (TPSA) is 214 Å². The van der Waals surface area contributed by atoms with Gasteiger partial charge in [-0.2, -0.15) is 0 Å². The first-order chi connectivity index (χ1) is 0. The van der Waals surface area contributed by atoms with Gasteiger partial charge in [0, 0.05) is 0 Å². The summed E-state index contributed by atoms with van der Waals surface area (Å²) in [5.74, 6) is 0. The van der Waals surface area contributed by atoms with Crippen molar-refractivity contribution in [3.8, 4) is 0 Å². The van der Waals surface area contributed by atoms with Crippen molar-refractivity contribution in [2.24, 2.45) is 0 Å². The van der Waals surface area contributed by atoms with E-state index in [1.54, 1.807) is 0 Å². The fourth-order valence-electron chi connectivity index (χ4n) is 0. The number of hydrogen-bond donors (Lipinski definition) is 0. The first kappa shape index (κ1) is 3820. The van der Waals surface area contributed by atoms with Crippen molar-refractivity contribution in [1.29, 1.82) is 0 Å². The molecule has 0 aliphatic rings. The molecule has 0 fully saturated rings. The molecule has 0 amide bonds. The van der Waals surface area contributed by atoms with Crippen LogP contribution in [0.3, 0.4) is 0 Å². The van der Waals surface area contributed by atoms with E-state index in [2.05, 4.69) is 0 Å². The Kier molecular flexibility index (Phi) is 1200000. The Balaban J connectivity index is 0. The van der Waals surface area contributed by atoms with Crippen molar-refractivity contribution in [3.05, 3.63) is 0 Å². The van der Waals surface area contributed by atoms with Gasteiger partial charge < -0.3 is 38.3 Å². The Morgan fingerprint density at radius 2 is 0.375 bits per heavy atom. The summed E-state index contributed by atoms with van der Waals surface area (Å²) in [5.41, 5.74) is 0. The van der Waals surface area contributed by atoms with Crippen LogP contribution in [0.5, 0.6) is 0 Å². The zero-order chi connectivity index (χ0) is 0. The molecule has 0 aliphatic carbocycles. The Morgan fingerprint density at radius 3 is 0.375 bits per heavy atom. The van der Waals surface area contributed by atoms with Crippen molar-refractivity contribution in [2.75, 3.05) is 0 Å². The predicted molar refractivity (Wildman–Crippen MR) is 19.4 cm³/mol. The van der Waals surface area contributed by atoms with Gasteiger partial charge in [0.25, 0.3) is 0 Å². The second kappa shape index (κ2) is 2510. The van der Waals surface area contributed by atoms with Gasteiger partial charge in [-0.1, -0.05) is 0 Å². The van der Waals surface area contributed by atoms with E-state index in [0.29, 0.717) is 0 Å². The summed E-state index contributed by atoms with van der Waals surface area (Å²) in [6.07, 6.45) is 0. The first-order valence-corrected chi connectivity index (χ1v) is 0. The SMILES string of the molecule is O.O.O.O.O.[O-2].[O-2].[Ru+4]. The van der Waals surface area contributed by atoms with Crippen LogP contribution in [-0.4, -0.2) is 27.4 Å². The van der Waals surface area contributed by atoms with Gasteiger partial charge in [-0.15, -0.1) is 0 Å². The maximum Gasteiger partial charge on any atom is 4.00 e. The zero-order valence-electron chi connectivity index (χ0n) is 3.67. The van der Waals surface area contributed by atoms with Crippen LogP contribution in [0.4, 0.5) is 0 Å². The van der Waals surface area contributed by atoms with Crippen molar-refractivity contribution < 1.29 is 57.8 Å². The van der Waals surface area contributed by atoms with Gasteiger partial charge in [-0.05, 0) is 0 Å². The minimum Gasteiger partial charge on any atom is -2.00 e. The van der Waals surface area contributed by atoms with E-state index in [0.717, 1.165) is 0 Å². The summed E-state index contributed by atoms with van der Waals surface area (Å²) < 4.78 is 0. The normalized spacial score (nSPS) is 0. The van der Waals surface area contributed by atoms with Gasteiger partial charge in [0.1, 0.15) is 0 Å². The van der Waals surface area contributed by atoms with Gasteiger partial charge in [0.05, 0.1) is 0 Å². The number of hydrogen-bond acceptors (Lipinski definition) is 0. The Hall–Kier alpha value is 0.343. The molecule has 0 unspecified atom stereocenters. The van der Waals surface area contributed by atoms with Crippen LogP contribution in [0.2, 0.25) is 0 Å². The third-order valence-corrected chi connectivity index (χ3v) is 0. The van der Waals surface area contributed by atoms with Crippen molar-refractivity contribution >= 4 is 0 Å². The van der Waals surface area contributed by atoms with Crippen molar-refractivity contribution in [1.82, 2.24) is 0 Å². The van der Waals surface area contributed by atoms with Crippen LogP contribution >= 0.6 is 0 Å². The van der Waals surface area contributed by atoms with Crippen LogP contribution in [0.25, 0.3) is 0 Å². The van der Waals surface area contributed by atoms with Crippen LogP contribution in [0, 0.1) is 0 Å². The summed E-state index contributed by atoms with van der Waals surface area (Å²) in [6, 6.07) is 0. The third kappa shape index (κ3) is 1540. The number of rotatable bonds is 0. The molecule has 0 rings (SSSR count). The van der Waals surface area contributed by atoms with Gasteiger partial charge in [-0.3, -0.25) is 0 Å².